The molecular formula is C22H34N4O4. The molecule has 1 aromatic carbocycles. The SMILES string of the molecule is COc1cc([N+](=O)[O-])c(C2CCOCC2)cc1N1CCC(N2CCN(C)CC2)CC1. The number of nitrogens with zero attached hydrogens (tertiary/aromatic N) is 4. The van der Waals surface area contributed by atoms with E-state index in [1.54, 1.807) is 13.2 Å². The summed E-state index contributed by atoms with van der Waals surface area (Å²) < 4.78 is 11.1. The molecule has 3 heterocycles. The van der Waals surface area contributed by atoms with Crippen LogP contribution in [0.2, 0.25) is 0 Å². The number of rotatable bonds is 5. The first-order valence-corrected chi connectivity index (χ1v) is 11.2. The third-order valence-electron chi connectivity index (χ3n) is 7.05. The number of nitro groups is 1. The highest BCUT2D eigenvalue weighted by molar-refractivity contribution is 5.66. The van der Waals surface area contributed by atoms with Crippen molar-refractivity contribution < 1.29 is 14.4 Å². The van der Waals surface area contributed by atoms with Crippen LogP contribution in [0.4, 0.5) is 11.4 Å². The Morgan fingerprint density at radius 1 is 1.03 bits per heavy atom. The first kappa shape index (κ1) is 21.3. The van der Waals surface area contributed by atoms with Crippen molar-refractivity contribution in [3.05, 3.63) is 27.8 Å². The summed E-state index contributed by atoms with van der Waals surface area (Å²) in [6, 6.07) is 4.30. The Hall–Kier alpha value is -1.90. The number of piperidine rings is 1. The number of hydrogen-bond donors (Lipinski definition) is 0. The van der Waals surface area contributed by atoms with E-state index in [4.69, 9.17) is 9.47 Å². The molecule has 3 aliphatic rings. The minimum atomic E-state index is -0.267. The average molecular weight is 419 g/mol. The van der Waals surface area contributed by atoms with Crippen LogP contribution in [-0.2, 0) is 4.74 Å². The third-order valence-corrected chi connectivity index (χ3v) is 7.05. The number of methoxy groups -OCH3 is 1. The number of piperazine rings is 1. The molecule has 0 N–H and O–H groups in total. The van der Waals surface area contributed by atoms with Gasteiger partial charge in [0.2, 0.25) is 0 Å². The number of benzene rings is 1. The van der Waals surface area contributed by atoms with Crippen LogP contribution in [0.25, 0.3) is 0 Å². The second kappa shape index (κ2) is 9.49. The Bertz CT molecular complexity index is 737. The monoisotopic (exact) mass is 418 g/mol. The van der Waals surface area contributed by atoms with Crippen LogP contribution in [-0.4, -0.2) is 87.4 Å². The predicted molar refractivity (Wildman–Crippen MR) is 117 cm³/mol. The lowest BCUT2D eigenvalue weighted by Gasteiger charge is -2.42. The molecule has 3 saturated heterocycles. The van der Waals surface area contributed by atoms with Gasteiger partial charge in [0.25, 0.3) is 5.69 Å². The van der Waals surface area contributed by atoms with Crippen LogP contribution in [0.15, 0.2) is 12.1 Å². The molecule has 4 rings (SSSR count). The minimum Gasteiger partial charge on any atom is -0.494 e. The quantitative estimate of drug-likeness (QED) is 0.538. The number of likely N-dealkylation sites (N-methyl/N-ethyl adjacent to an activating group) is 1. The average Bonchev–Trinajstić information content (AvgIpc) is 2.79. The van der Waals surface area contributed by atoms with Crippen molar-refractivity contribution in [2.45, 2.75) is 37.6 Å². The standard InChI is InChI=1S/C22H34N4O4/c1-23-9-11-24(12-10-23)18-3-7-25(8-4-18)21-15-19(17-5-13-30-14-6-17)20(26(27)28)16-22(21)29-2/h15-18H,3-14H2,1-2H3. The zero-order chi connectivity index (χ0) is 21.1. The van der Waals surface area contributed by atoms with Gasteiger partial charge in [0, 0.05) is 64.1 Å². The molecule has 0 atom stereocenters. The molecule has 166 valence electrons. The largest absolute Gasteiger partial charge is 0.494 e. The van der Waals surface area contributed by atoms with Crippen molar-refractivity contribution >= 4 is 11.4 Å². The van der Waals surface area contributed by atoms with E-state index >= 15 is 0 Å². The highest BCUT2D eigenvalue weighted by atomic mass is 16.6. The molecule has 8 nitrogen and oxygen atoms in total. The van der Waals surface area contributed by atoms with Crippen molar-refractivity contribution in [3.63, 3.8) is 0 Å². The zero-order valence-corrected chi connectivity index (χ0v) is 18.2. The van der Waals surface area contributed by atoms with Gasteiger partial charge in [-0.25, -0.2) is 0 Å². The van der Waals surface area contributed by atoms with Crippen molar-refractivity contribution in [1.29, 1.82) is 0 Å². The second-order valence-corrected chi connectivity index (χ2v) is 8.78. The van der Waals surface area contributed by atoms with Gasteiger partial charge in [0.05, 0.1) is 23.8 Å². The minimum absolute atomic E-state index is 0.173. The molecule has 8 heteroatoms. The Kier molecular flexibility index (Phi) is 6.75. The van der Waals surface area contributed by atoms with E-state index in [-0.39, 0.29) is 16.5 Å². The summed E-state index contributed by atoms with van der Waals surface area (Å²) in [5, 5.41) is 11.8. The van der Waals surface area contributed by atoms with Gasteiger partial charge in [0.15, 0.2) is 0 Å². The molecule has 0 aliphatic carbocycles. The fourth-order valence-corrected chi connectivity index (χ4v) is 5.14. The van der Waals surface area contributed by atoms with E-state index in [1.165, 1.54) is 0 Å². The van der Waals surface area contributed by atoms with E-state index < -0.39 is 0 Å². The first-order valence-electron chi connectivity index (χ1n) is 11.2. The van der Waals surface area contributed by atoms with Gasteiger partial charge < -0.3 is 19.3 Å². The lowest BCUT2D eigenvalue weighted by atomic mass is 9.89. The van der Waals surface area contributed by atoms with Crippen LogP contribution < -0.4 is 9.64 Å². The Morgan fingerprint density at radius 2 is 1.70 bits per heavy atom. The molecule has 0 radical (unpaired) electrons. The van der Waals surface area contributed by atoms with E-state index in [0.29, 0.717) is 25.0 Å². The number of ether oxygens (including phenoxy) is 2. The summed E-state index contributed by atoms with van der Waals surface area (Å²) in [6.45, 7) is 7.83. The van der Waals surface area contributed by atoms with Gasteiger partial charge in [-0.1, -0.05) is 0 Å². The van der Waals surface area contributed by atoms with Gasteiger partial charge in [-0.2, -0.15) is 0 Å². The van der Waals surface area contributed by atoms with Gasteiger partial charge in [-0.05, 0) is 44.7 Å². The normalized spacial score (nSPS) is 22.9. The molecule has 0 amide bonds. The maximum atomic E-state index is 11.8. The molecule has 0 aromatic heterocycles. The highest BCUT2D eigenvalue weighted by Crippen LogP contribution is 2.42. The highest BCUT2D eigenvalue weighted by Gasteiger charge is 2.31. The van der Waals surface area contributed by atoms with Crippen molar-refractivity contribution in [1.82, 2.24) is 9.80 Å². The molecule has 1 aromatic rings. The zero-order valence-electron chi connectivity index (χ0n) is 18.2. The number of nitro benzene ring substituents is 1. The molecule has 0 bridgehead atoms. The maximum Gasteiger partial charge on any atom is 0.276 e. The van der Waals surface area contributed by atoms with Crippen LogP contribution in [0.3, 0.4) is 0 Å². The third kappa shape index (κ3) is 4.55. The Balaban J connectivity index is 1.52. The molecular weight excluding hydrogens is 384 g/mol. The molecule has 0 saturated carbocycles. The van der Waals surface area contributed by atoms with Crippen molar-refractivity contribution in [3.8, 4) is 5.75 Å². The number of hydrogen-bond acceptors (Lipinski definition) is 7. The van der Waals surface area contributed by atoms with Gasteiger partial charge in [-0.15, -0.1) is 0 Å². The van der Waals surface area contributed by atoms with E-state index in [0.717, 1.165) is 76.2 Å². The van der Waals surface area contributed by atoms with Crippen molar-refractivity contribution in [2.75, 3.05) is 71.5 Å². The predicted octanol–water partition coefficient (Wildman–Crippen LogP) is 2.71. The second-order valence-electron chi connectivity index (χ2n) is 8.78. The van der Waals surface area contributed by atoms with Crippen LogP contribution in [0.1, 0.15) is 37.2 Å². The first-order chi connectivity index (χ1) is 14.6. The topological polar surface area (TPSA) is 71.3 Å². The van der Waals surface area contributed by atoms with Crippen LogP contribution in [0, 0.1) is 10.1 Å². The van der Waals surface area contributed by atoms with Gasteiger partial charge in [-0.3, -0.25) is 15.0 Å². The summed E-state index contributed by atoms with van der Waals surface area (Å²) in [6.07, 6.45) is 3.91. The fourth-order valence-electron chi connectivity index (χ4n) is 5.14. The van der Waals surface area contributed by atoms with E-state index in [9.17, 15) is 10.1 Å². The summed E-state index contributed by atoms with van der Waals surface area (Å²) >= 11 is 0. The summed E-state index contributed by atoms with van der Waals surface area (Å²) in [5.74, 6) is 0.780. The molecule has 3 fully saturated rings. The van der Waals surface area contributed by atoms with E-state index in [1.807, 2.05) is 6.07 Å². The number of anilines is 1. The molecule has 3 aliphatic heterocycles. The van der Waals surface area contributed by atoms with Gasteiger partial charge in [0.1, 0.15) is 5.75 Å². The molecule has 0 unspecified atom stereocenters. The summed E-state index contributed by atoms with van der Waals surface area (Å²) in [7, 11) is 3.80. The maximum absolute atomic E-state index is 11.8. The molecule has 0 spiro atoms. The Morgan fingerprint density at radius 3 is 2.30 bits per heavy atom. The smallest absolute Gasteiger partial charge is 0.276 e. The van der Waals surface area contributed by atoms with Crippen LogP contribution in [0.5, 0.6) is 5.75 Å². The summed E-state index contributed by atoms with van der Waals surface area (Å²) in [5.41, 5.74) is 2.01. The molecule has 30 heavy (non-hydrogen) atoms. The fraction of sp³-hybridized carbons (Fsp3) is 0.727. The van der Waals surface area contributed by atoms with Crippen molar-refractivity contribution in [2.24, 2.45) is 0 Å². The van der Waals surface area contributed by atoms with E-state index in [2.05, 4.69) is 21.7 Å². The lowest BCUT2D eigenvalue weighted by molar-refractivity contribution is -0.385. The summed E-state index contributed by atoms with van der Waals surface area (Å²) in [4.78, 5) is 18.9. The van der Waals surface area contributed by atoms with Gasteiger partial charge >= 0.3 is 0 Å². The lowest BCUT2D eigenvalue weighted by Crippen LogP contribution is -2.52. The Labute approximate surface area is 178 Å². The van der Waals surface area contributed by atoms with Crippen LogP contribution >= 0.6 is 0 Å².